The van der Waals surface area contributed by atoms with E-state index in [1.54, 1.807) is 18.2 Å². The molecule has 0 fully saturated rings. The molecule has 15 heavy (non-hydrogen) atoms. The highest BCUT2D eigenvalue weighted by Gasteiger charge is 2.36. The van der Waals surface area contributed by atoms with E-state index in [0.717, 1.165) is 4.90 Å². The summed E-state index contributed by atoms with van der Waals surface area (Å²) in [6.45, 7) is 3.43. The molecule has 1 aliphatic rings. The van der Waals surface area contributed by atoms with E-state index in [-0.39, 0.29) is 11.8 Å². The van der Waals surface area contributed by atoms with Gasteiger partial charge in [0.25, 0.3) is 11.8 Å². The third-order valence-corrected chi connectivity index (χ3v) is 2.31. The number of rotatable bonds is 2. The van der Waals surface area contributed by atoms with Crippen LogP contribution in [0.15, 0.2) is 31.0 Å². The topological polar surface area (TPSA) is 46.6 Å². The maximum atomic E-state index is 11.8. The first-order chi connectivity index (χ1) is 7.20. The van der Waals surface area contributed by atoms with Crippen molar-refractivity contribution in [2.75, 3.05) is 7.11 Å². The fourth-order valence-electron chi connectivity index (χ4n) is 1.61. The van der Waals surface area contributed by atoms with Crippen LogP contribution in [0.1, 0.15) is 20.7 Å². The number of fused-ring (bicyclic) bond motifs is 1. The summed E-state index contributed by atoms with van der Waals surface area (Å²) in [5.74, 6) is -0.332. The molecule has 0 N–H and O–H groups in total. The van der Waals surface area contributed by atoms with Gasteiger partial charge in [0.05, 0.1) is 18.2 Å². The minimum Gasteiger partial charge on any atom is -0.496 e. The number of methoxy groups -OCH3 is 1. The van der Waals surface area contributed by atoms with Crippen LogP contribution in [0.5, 0.6) is 5.75 Å². The largest absolute Gasteiger partial charge is 0.496 e. The predicted octanol–water partition coefficient (Wildman–Crippen LogP) is 1.43. The number of hydrogen-bond donors (Lipinski definition) is 0. The highest BCUT2D eigenvalue weighted by molar-refractivity contribution is 6.23. The second kappa shape index (κ2) is 3.24. The van der Waals surface area contributed by atoms with E-state index in [2.05, 4.69) is 6.58 Å². The summed E-state index contributed by atoms with van der Waals surface area (Å²) in [4.78, 5) is 24.4. The van der Waals surface area contributed by atoms with Crippen molar-refractivity contribution < 1.29 is 14.3 Å². The van der Waals surface area contributed by atoms with Crippen LogP contribution < -0.4 is 4.74 Å². The molecule has 4 nitrogen and oxygen atoms in total. The summed E-state index contributed by atoms with van der Waals surface area (Å²) < 4.78 is 5.03. The average Bonchev–Trinajstić information content (AvgIpc) is 2.51. The summed E-state index contributed by atoms with van der Waals surface area (Å²) in [6.07, 6.45) is 1.21. The Kier molecular flexibility index (Phi) is 2.04. The number of hydrogen-bond acceptors (Lipinski definition) is 3. The molecule has 0 spiro atoms. The van der Waals surface area contributed by atoms with Gasteiger partial charge in [-0.2, -0.15) is 0 Å². The molecular weight excluding hydrogens is 194 g/mol. The molecule has 1 heterocycles. The summed E-state index contributed by atoms with van der Waals surface area (Å²) in [5.41, 5.74) is 0.671. The third kappa shape index (κ3) is 1.15. The Hall–Kier alpha value is -2.10. The number of amides is 2. The molecule has 0 saturated carbocycles. The smallest absolute Gasteiger partial charge is 0.269 e. The molecule has 0 aromatic heterocycles. The van der Waals surface area contributed by atoms with Crippen molar-refractivity contribution in [3.8, 4) is 5.75 Å². The van der Waals surface area contributed by atoms with Crippen molar-refractivity contribution in [1.82, 2.24) is 4.90 Å². The zero-order valence-electron chi connectivity index (χ0n) is 8.19. The first kappa shape index (κ1) is 9.45. The van der Waals surface area contributed by atoms with E-state index >= 15 is 0 Å². The molecule has 0 radical (unpaired) electrons. The summed E-state index contributed by atoms with van der Waals surface area (Å²) >= 11 is 0. The number of imide groups is 1. The van der Waals surface area contributed by atoms with Crippen LogP contribution >= 0.6 is 0 Å². The highest BCUT2D eigenvalue weighted by atomic mass is 16.5. The van der Waals surface area contributed by atoms with Crippen molar-refractivity contribution in [3.63, 3.8) is 0 Å². The highest BCUT2D eigenvalue weighted by Crippen LogP contribution is 2.30. The second-order valence-electron chi connectivity index (χ2n) is 3.05. The quantitative estimate of drug-likeness (QED) is 0.683. The lowest BCUT2D eigenvalue weighted by Gasteiger charge is -2.05. The predicted molar refractivity (Wildman–Crippen MR) is 53.7 cm³/mol. The third-order valence-electron chi connectivity index (χ3n) is 2.31. The average molecular weight is 203 g/mol. The van der Waals surface area contributed by atoms with Gasteiger partial charge in [0.2, 0.25) is 0 Å². The van der Waals surface area contributed by atoms with Gasteiger partial charge >= 0.3 is 0 Å². The molecule has 2 rings (SSSR count). The Labute approximate surface area is 86.8 Å². The summed E-state index contributed by atoms with van der Waals surface area (Å²) in [6, 6.07) is 4.92. The van der Waals surface area contributed by atoms with Crippen LogP contribution in [0.2, 0.25) is 0 Å². The van der Waals surface area contributed by atoms with Gasteiger partial charge in [-0.3, -0.25) is 9.59 Å². The molecule has 0 aliphatic carbocycles. The maximum Gasteiger partial charge on any atom is 0.269 e. The molecule has 1 aliphatic heterocycles. The molecule has 0 atom stereocenters. The minimum atomic E-state index is -0.387. The lowest BCUT2D eigenvalue weighted by Crippen LogP contribution is -2.23. The van der Waals surface area contributed by atoms with E-state index in [1.165, 1.54) is 13.3 Å². The van der Waals surface area contributed by atoms with Crippen molar-refractivity contribution >= 4 is 11.8 Å². The van der Waals surface area contributed by atoms with Gasteiger partial charge in [-0.1, -0.05) is 12.6 Å². The van der Waals surface area contributed by atoms with Gasteiger partial charge in [-0.15, -0.1) is 0 Å². The first-order valence-corrected chi connectivity index (χ1v) is 4.38. The molecule has 76 valence electrons. The Morgan fingerprint density at radius 1 is 1.33 bits per heavy atom. The van der Waals surface area contributed by atoms with Crippen LogP contribution in [-0.4, -0.2) is 23.8 Å². The zero-order chi connectivity index (χ0) is 11.0. The van der Waals surface area contributed by atoms with Crippen molar-refractivity contribution in [2.45, 2.75) is 0 Å². The van der Waals surface area contributed by atoms with Crippen LogP contribution in [0.4, 0.5) is 0 Å². The van der Waals surface area contributed by atoms with E-state index < -0.39 is 0 Å². The van der Waals surface area contributed by atoms with Crippen LogP contribution in [0.25, 0.3) is 0 Å². The van der Waals surface area contributed by atoms with E-state index in [4.69, 9.17) is 4.74 Å². The first-order valence-electron chi connectivity index (χ1n) is 4.38. The maximum absolute atomic E-state index is 11.8. The lowest BCUT2D eigenvalue weighted by molar-refractivity contribution is 0.0721. The molecule has 1 aromatic carbocycles. The molecular formula is C11H9NO3. The van der Waals surface area contributed by atoms with Crippen molar-refractivity contribution in [2.24, 2.45) is 0 Å². The zero-order valence-corrected chi connectivity index (χ0v) is 8.19. The number of carbonyl (C=O) groups is 2. The SMILES string of the molecule is C=CN1C(=O)c2cccc(OC)c2C1=O. The van der Waals surface area contributed by atoms with Gasteiger partial charge < -0.3 is 4.74 Å². The molecule has 1 aromatic rings. The Morgan fingerprint density at radius 3 is 2.67 bits per heavy atom. The van der Waals surface area contributed by atoms with Crippen LogP contribution in [0.3, 0.4) is 0 Å². The van der Waals surface area contributed by atoms with Crippen molar-refractivity contribution in [1.29, 1.82) is 0 Å². The van der Waals surface area contributed by atoms with Crippen LogP contribution in [-0.2, 0) is 0 Å². The number of carbonyl (C=O) groups excluding carboxylic acids is 2. The molecule has 4 heteroatoms. The van der Waals surface area contributed by atoms with Gasteiger partial charge in [-0.05, 0) is 12.1 Å². The molecule has 2 amide bonds. The van der Waals surface area contributed by atoms with Gasteiger partial charge in [0, 0.05) is 6.20 Å². The minimum absolute atomic E-state index is 0.310. The van der Waals surface area contributed by atoms with E-state index in [1.807, 2.05) is 0 Å². The number of ether oxygens (including phenoxy) is 1. The molecule has 0 bridgehead atoms. The van der Waals surface area contributed by atoms with Crippen molar-refractivity contribution in [3.05, 3.63) is 42.1 Å². The second-order valence-corrected chi connectivity index (χ2v) is 3.05. The fraction of sp³-hybridized carbons (Fsp3) is 0.0909. The molecule has 0 saturated heterocycles. The normalized spacial score (nSPS) is 14.1. The Bertz CT molecular complexity index is 465. The molecule has 0 unspecified atom stereocenters. The summed E-state index contributed by atoms with van der Waals surface area (Å²) in [5, 5.41) is 0. The van der Waals surface area contributed by atoms with Gasteiger partial charge in [0.15, 0.2) is 0 Å². The fourth-order valence-corrected chi connectivity index (χ4v) is 1.61. The van der Waals surface area contributed by atoms with Gasteiger partial charge in [-0.25, -0.2) is 4.90 Å². The standard InChI is InChI=1S/C11H9NO3/c1-3-12-10(13)7-5-4-6-8(15-2)9(7)11(12)14/h3-6H,1H2,2H3. The number of nitrogens with zero attached hydrogens (tertiary/aromatic N) is 1. The van der Waals surface area contributed by atoms with E-state index in [9.17, 15) is 9.59 Å². The monoisotopic (exact) mass is 203 g/mol. The number of benzene rings is 1. The Morgan fingerprint density at radius 2 is 2.07 bits per heavy atom. The van der Waals surface area contributed by atoms with Gasteiger partial charge in [0.1, 0.15) is 5.75 Å². The van der Waals surface area contributed by atoms with E-state index in [0.29, 0.717) is 16.9 Å². The lowest BCUT2D eigenvalue weighted by atomic mass is 10.1. The van der Waals surface area contributed by atoms with Crippen LogP contribution in [0, 0.1) is 0 Å². The Balaban J connectivity index is 2.66. The summed E-state index contributed by atoms with van der Waals surface area (Å²) in [7, 11) is 1.46.